The Morgan fingerprint density at radius 3 is 2.43 bits per heavy atom. The molecule has 9 heteroatoms. The predicted octanol–water partition coefficient (Wildman–Crippen LogP) is 2.02. The van der Waals surface area contributed by atoms with E-state index < -0.39 is 10.0 Å². The third kappa shape index (κ3) is 3.51. The molecule has 0 aliphatic rings. The van der Waals surface area contributed by atoms with Gasteiger partial charge in [0.2, 0.25) is 10.0 Å². The third-order valence-electron chi connectivity index (χ3n) is 5.05. The van der Waals surface area contributed by atoms with Crippen LogP contribution in [0.2, 0.25) is 0 Å². The molecule has 30 heavy (non-hydrogen) atoms. The maximum atomic E-state index is 13.0. The molecule has 0 spiro atoms. The minimum absolute atomic E-state index is 0.132. The zero-order chi connectivity index (χ0) is 21.5. The second-order valence-corrected chi connectivity index (χ2v) is 9.48. The second-order valence-electron chi connectivity index (χ2n) is 7.43. The van der Waals surface area contributed by atoms with Crippen LogP contribution in [0.25, 0.3) is 27.9 Å². The number of aromatic amines is 1. The van der Waals surface area contributed by atoms with E-state index in [9.17, 15) is 13.2 Å². The Bertz CT molecular complexity index is 1370. The lowest BCUT2D eigenvalue weighted by Gasteiger charge is -2.19. The molecule has 0 amide bonds. The minimum Gasteiger partial charge on any atom is -0.319 e. The van der Waals surface area contributed by atoms with E-state index in [1.165, 1.54) is 16.6 Å². The number of nitrogens with zero attached hydrogens (tertiary/aromatic N) is 4. The van der Waals surface area contributed by atoms with E-state index in [4.69, 9.17) is 0 Å². The summed E-state index contributed by atoms with van der Waals surface area (Å²) in [6, 6.07) is 14.3. The molecule has 8 nitrogen and oxygen atoms in total. The number of H-pyrrole nitrogens is 1. The van der Waals surface area contributed by atoms with Gasteiger partial charge in [0.15, 0.2) is 0 Å². The fourth-order valence-corrected chi connectivity index (χ4v) is 4.53. The molecule has 2 aromatic carbocycles. The van der Waals surface area contributed by atoms with Gasteiger partial charge in [-0.05, 0) is 32.3 Å². The lowest BCUT2D eigenvalue weighted by atomic mass is 10.2. The van der Waals surface area contributed by atoms with Crippen molar-refractivity contribution in [3.63, 3.8) is 0 Å². The van der Waals surface area contributed by atoms with Crippen LogP contribution in [-0.4, -0.2) is 66.2 Å². The summed E-state index contributed by atoms with van der Waals surface area (Å²) in [5.74, 6) is 0.625. The van der Waals surface area contributed by atoms with E-state index in [0.29, 0.717) is 35.5 Å². The first-order chi connectivity index (χ1) is 14.3. The van der Waals surface area contributed by atoms with Crippen LogP contribution in [-0.2, 0) is 10.0 Å². The quantitative estimate of drug-likeness (QED) is 0.510. The van der Waals surface area contributed by atoms with E-state index in [-0.39, 0.29) is 10.5 Å². The molecule has 2 aromatic heterocycles. The number of fused-ring (bicyclic) bond motifs is 3. The topological polar surface area (TPSA) is 90.8 Å². The predicted molar refractivity (Wildman–Crippen MR) is 117 cm³/mol. The lowest BCUT2D eigenvalue weighted by Crippen LogP contribution is -2.33. The Morgan fingerprint density at radius 2 is 1.73 bits per heavy atom. The third-order valence-corrected chi connectivity index (χ3v) is 6.91. The Hall–Kier alpha value is -3.01. The number of hydrogen-bond donors (Lipinski definition) is 1. The van der Waals surface area contributed by atoms with Gasteiger partial charge in [0, 0.05) is 25.7 Å². The number of aromatic nitrogens is 3. The molecular formula is C21H23N5O3S. The van der Waals surface area contributed by atoms with Gasteiger partial charge in [0.25, 0.3) is 5.56 Å². The number of benzene rings is 2. The summed E-state index contributed by atoms with van der Waals surface area (Å²) in [6.45, 7) is 0.971. The largest absolute Gasteiger partial charge is 0.319 e. The van der Waals surface area contributed by atoms with Crippen LogP contribution >= 0.6 is 0 Å². The summed E-state index contributed by atoms with van der Waals surface area (Å²) >= 11 is 0. The highest BCUT2D eigenvalue weighted by atomic mass is 32.2. The summed E-state index contributed by atoms with van der Waals surface area (Å²) in [5.41, 5.74) is 2.05. The van der Waals surface area contributed by atoms with E-state index in [1.54, 1.807) is 23.6 Å². The normalized spacial score (nSPS) is 12.4. The summed E-state index contributed by atoms with van der Waals surface area (Å²) in [6.07, 6.45) is 1.53. The van der Waals surface area contributed by atoms with Gasteiger partial charge < -0.3 is 9.88 Å². The Balaban J connectivity index is 1.87. The van der Waals surface area contributed by atoms with E-state index in [0.717, 1.165) is 5.56 Å². The maximum Gasteiger partial charge on any atom is 0.274 e. The average molecular weight is 426 g/mol. The molecule has 1 N–H and O–H groups in total. The van der Waals surface area contributed by atoms with Crippen LogP contribution in [0.4, 0.5) is 0 Å². The number of hydrogen-bond acceptors (Lipinski definition) is 5. The fraction of sp³-hybridized carbons (Fsp3) is 0.238. The Morgan fingerprint density at radius 1 is 1.00 bits per heavy atom. The van der Waals surface area contributed by atoms with Gasteiger partial charge in [-0.2, -0.15) is 4.31 Å². The van der Waals surface area contributed by atoms with E-state index >= 15 is 0 Å². The Kier molecular flexibility index (Phi) is 5.19. The van der Waals surface area contributed by atoms with Crippen LogP contribution in [0.1, 0.15) is 0 Å². The van der Waals surface area contributed by atoms with Crippen LogP contribution in [0.5, 0.6) is 0 Å². The summed E-state index contributed by atoms with van der Waals surface area (Å²) in [7, 11) is 1.65. The van der Waals surface area contributed by atoms with Gasteiger partial charge in [-0.3, -0.25) is 9.20 Å². The molecule has 0 unspecified atom stereocenters. The second kappa shape index (κ2) is 7.67. The molecule has 0 aliphatic carbocycles. The van der Waals surface area contributed by atoms with Gasteiger partial charge >= 0.3 is 0 Å². The van der Waals surface area contributed by atoms with Gasteiger partial charge in [0.05, 0.1) is 22.1 Å². The first kappa shape index (κ1) is 20.3. The zero-order valence-electron chi connectivity index (χ0n) is 17.0. The molecule has 0 fully saturated rings. The zero-order valence-corrected chi connectivity index (χ0v) is 17.8. The number of imidazole rings is 1. The molecule has 156 valence electrons. The summed E-state index contributed by atoms with van der Waals surface area (Å²) in [4.78, 5) is 21.9. The highest BCUT2D eigenvalue weighted by Crippen LogP contribution is 2.25. The molecule has 0 bridgehead atoms. The van der Waals surface area contributed by atoms with E-state index in [2.05, 4.69) is 9.97 Å². The Labute approximate surface area is 174 Å². The van der Waals surface area contributed by atoms with Crippen molar-refractivity contribution in [2.45, 2.75) is 4.90 Å². The molecular weight excluding hydrogens is 402 g/mol. The molecule has 0 radical (unpaired) electrons. The fourth-order valence-electron chi connectivity index (χ4n) is 3.34. The smallest absolute Gasteiger partial charge is 0.274 e. The van der Waals surface area contributed by atoms with Gasteiger partial charge in [0.1, 0.15) is 11.3 Å². The molecule has 4 aromatic rings. The van der Waals surface area contributed by atoms with Crippen molar-refractivity contribution in [2.24, 2.45) is 0 Å². The van der Waals surface area contributed by atoms with Crippen molar-refractivity contribution in [3.8, 4) is 11.4 Å². The molecule has 0 saturated carbocycles. The van der Waals surface area contributed by atoms with Crippen molar-refractivity contribution in [1.82, 2.24) is 23.6 Å². The number of likely N-dealkylation sites (N-methyl/N-ethyl adjacent to an activating group) is 2. The van der Waals surface area contributed by atoms with Crippen molar-refractivity contribution in [2.75, 3.05) is 34.2 Å². The number of rotatable bonds is 6. The number of sulfonamides is 1. The monoisotopic (exact) mass is 425 g/mol. The lowest BCUT2D eigenvalue weighted by molar-refractivity contribution is 0.358. The first-order valence-electron chi connectivity index (χ1n) is 9.49. The highest BCUT2D eigenvalue weighted by molar-refractivity contribution is 7.89. The molecule has 2 heterocycles. The molecule has 0 aliphatic heterocycles. The van der Waals surface area contributed by atoms with Crippen LogP contribution in [0.15, 0.2) is 64.4 Å². The SMILES string of the molecule is CN(C)CCN(C)S(=O)(=O)c1ccc2c(c1)[nH]c(=O)c1cnc(-c3ccccc3)n12. The van der Waals surface area contributed by atoms with Crippen molar-refractivity contribution in [3.05, 3.63) is 65.1 Å². The van der Waals surface area contributed by atoms with Gasteiger partial charge in [-0.15, -0.1) is 0 Å². The van der Waals surface area contributed by atoms with E-state index in [1.807, 2.05) is 49.3 Å². The van der Waals surface area contributed by atoms with Crippen molar-refractivity contribution >= 4 is 26.6 Å². The summed E-state index contributed by atoms with van der Waals surface area (Å²) in [5, 5.41) is 0. The van der Waals surface area contributed by atoms with Crippen molar-refractivity contribution < 1.29 is 8.42 Å². The van der Waals surface area contributed by atoms with Gasteiger partial charge in [-0.1, -0.05) is 30.3 Å². The highest BCUT2D eigenvalue weighted by Gasteiger charge is 2.22. The van der Waals surface area contributed by atoms with Crippen molar-refractivity contribution in [1.29, 1.82) is 0 Å². The minimum atomic E-state index is -3.68. The first-order valence-corrected chi connectivity index (χ1v) is 10.9. The average Bonchev–Trinajstić information content (AvgIpc) is 3.18. The molecule has 4 rings (SSSR count). The molecule has 0 atom stereocenters. The van der Waals surface area contributed by atoms with Crippen LogP contribution in [0.3, 0.4) is 0 Å². The standard InChI is InChI=1S/C21H23N5O3S/c1-24(2)11-12-25(3)30(28,29)16-9-10-18-17(13-16)23-21(27)19-14-22-20(26(18)19)15-7-5-4-6-8-15/h4-10,13-14H,11-12H2,1-3H3,(H,23,27). The van der Waals surface area contributed by atoms with Crippen LogP contribution in [0, 0.1) is 0 Å². The maximum absolute atomic E-state index is 13.0. The number of nitrogens with one attached hydrogen (secondary N) is 1. The van der Waals surface area contributed by atoms with Gasteiger partial charge in [-0.25, -0.2) is 13.4 Å². The molecule has 0 saturated heterocycles. The van der Waals surface area contributed by atoms with Crippen LogP contribution < -0.4 is 5.56 Å². The summed E-state index contributed by atoms with van der Waals surface area (Å²) < 4.78 is 29.0.